The Morgan fingerprint density at radius 3 is 1.06 bits per heavy atom. The molecule has 0 spiro atoms. The highest BCUT2D eigenvalue weighted by molar-refractivity contribution is 8.00. The van der Waals surface area contributed by atoms with Crippen LogP contribution in [0.3, 0.4) is 0 Å². The van der Waals surface area contributed by atoms with Crippen molar-refractivity contribution in [2.75, 3.05) is 9.80 Å². The molecule has 9 heteroatoms. The molecule has 296 valence electrons. The van der Waals surface area contributed by atoms with Gasteiger partial charge in [-0.2, -0.15) is 8.75 Å². The third-order valence-corrected chi connectivity index (χ3v) is 15.3. The number of para-hydroxylation sites is 6. The van der Waals surface area contributed by atoms with Crippen LogP contribution < -0.4 is 9.80 Å². The number of anilines is 6. The van der Waals surface area contributed by atoms with Gasteiger partial charge in [-0.05, 0) is 109 Å². The number of fused-ring (bicyclic) bond motifs is 11. The maximum absolute atomic E-state index is 5.06. The fourth-order valence-corrected chi connectivity index (χ4v) is 12.6. The lowest BCUT2D eigenvalue weighted by Crippen LogP contribution is -2.14. The van der Waals surface area contributed by atoms with E-state index in [1.165, 1.54) is 75.6 Å². The van der Waals surface area contributed by atoms with Gasteiger partial charge in [-0.3, -0.25) is 0 Å². The van der Waals surface area contributed by atoms with Crippen molar-refractivity contribution in [1.29, 1.82) is 0 Å². The zero-order chi connectivity index (χ0) is 41.2. The minimum Gasteiger partial charge on any atom is -0.308 e. The van der Waals surface area contributed by atoms with E-state index >= 15 is 0 Å². The molecule has 5 heterocycles. The van der Waals surface area contributed by atoms with Gasteiger partial charge in [-0.1, -0.05) is 108 Å². The van der Waals surface area contributed by atoms with Crippen LogP contribution in [0.15, 0.2) is 214 Å². The van der Waals surface area contributed by atoms with Crippen molar-refractivity contribution < 1.29 is 0 Å². The number of nitrogens with zero attached hydrogens (tertiary/aromatic N) is 6. The Bertz CT molecular complexity index is 3520. The zero-order valence-electron chi connectivity index (χ0n) is 33.4. The summed E-state index contributed by atoms with van der Waals surface area (Å²) < 4.78 is 14.9. The monoisotopic (exact) mass is 860 g/mol. The Kier molecular flexibility index (Phi) is 7.62. The van der Waals surface area contributed by atoms with E-state index in [-0.39, 0.29) is 0 Å². The van der Waals surface area contributed by atoms with E-state index in [0.29, 0.717) is 0 Å². The van der Waals surface area contributed by atoms with Crippen molar-refractivity contribution in [3.05, 3.63) is 194 Å². The largest absolute Gasteiger partial charge is 0.308 e. The van der Waals surface area contributed by atoms with Gasteiger partial charge in [0, 0.05) is 52.5 Å². The second kappa shape index (κ2) is 13.6. The Balaban J connectivity index is 0.939. The van der Waals surface area contributed by atoms with E-state index < -0.39 is 0 Å². The van der Waals surface area contributed by atoms with Gasteiger partial charge >= 0.3 is 0 Å². The topological polar surface area (TPSA) is 42.1 Å². The fourth-order valence-electron chi connectivity index (χ4n) is 9.89. The molecule has 3 aromatic heterocycles. The molecule has 2 aliphatic heterocycles. The first-order chi connectivity index (χ1) is 31.3. The summed E-state index contributed by atoms with van der Waals surface area (Å²) >= 11 is 4.93. The molecule has 6 nitrogen and oxygen atoms in total. The summed E-state index contributed by atoms with van der Waals surface area (Å²) in [7, 11) is 0. The second-order valence-electron chi connectivity index (χ2n) is 15.9. The predicted molar refractivity (Wildman–Crippen MR) is 264 cm³/mol. The summed E-state index contributed by atoms with van der Waals surface area (Å²) in [6.07, 6.45) is 0. The normalized spacial score (nSPS) is 13.2. The highest BCUT2D eigenvalue weighted by atomic mass is 32.2. The number of aromatic nitrogens is 4. The summed E-state index contributed by atoms with van der Waals surface area (Å²) in [6.45, 7) is 0. The van der Waals surface area contributed by atoms with E-state index in [0.717, 1.165) is 55.8 Å². The first kappa shape index (κ1) is 35.3. The lowest BCUT2D eigenvalue weighted by atomic mass is 10.1. The van der Waals surface area contributed by atoms with Crippen molar-refractivity contribution in [2.45, 2.75) is 19.6 Å². The maximum atomic E-state index is 5.06. The van der Waals surface area contributed by atoms with Crippen LogP contribution in [0.1, 0.15) is 0 Å². The molecular formula is C54H32N6S3. The van der Waals surface area contributed by atoms with Crippen molar-refractivity contribution in [1.82, 2.24) is 17.9 Å². The van der Waals surface area contributed by atoms with Crippen LogP contribution in [-0.2, 0) is 0 Å². The SMILES string of the molecule is c1ccc2c(c1)Sc1ccccc1N2c1ccc2c(c1)c1ccccc1n2-c1ccc(-n2c3ccccc3c3cc(N4c5ccccc5Sc5ccccc54)ccc32)c2nsnc12. The average molecular weight is 861 g/mol. The Morgan fingerprint density at radius 2 is 0.651 bits per heavy atom. The molecule has 2 aliphatic rings. The molecule has 0 saturated carbocycles. The second-order valence-corrected chi connectivity index (χ2v) is 18.6. The van der Waals surface area contributed by atoms with Gasteiger partial charge < -0.3 is 18.9 Å². The smallest absolute Gasteiger partial charge is 0.130 e. The van der Waals surface area contributed by atoms with Crippen LogP contribution in [0.5, 0.6) is 0 Å². The van der Waals surface area contributed by atoms with Crippen LogP contribution in [0.4, 0.5) is 34.1 Å². The Hall–Kier alpha value is -7.30. The molecule has 0 unspecified atom stereocenters. The minimum absolute atomic E-state index is 0.877. The molecule has 0 N–H and O–H groups in total. The quantitative estimate of drug-likeness (QED) is 0.176. The molecule has 12 aromatic rings. The summed E-state index contributed by atoms with van der Waals surface area (Å²) in [5.74, 6) is 0. The van der Waals surface area contributed by atoms with Gasteiger partial charge in [0.2, 0.25) is 0 Å². The summed E-state index contributed by atoms with van der Waals surface area (Å²) in [4.78, 5) is 9.80. The standard InChI is InChI=1S/C54H32N6S3/c1-3-15-39-35(13-1)37-31-33(57-43-17-5-9-21-49(43)61-50-22-10-6-18-44(50)57)25-27-41(37)59(39)47-29-30-48(54-53(47)55-63-56-54)60-40-16-4-2-14-36(40)38-32-34(26-28-42(38)60)58-45-19-7-11-23-51(45)62-52-24-12-8-20-46(52)58/h1-32H. The molecule has 0 bridgehead atoms. The first-order valence-corrected chi connectivity index (χ1v) is 23.3. The van der Waals surface area contributed by atoms with Gasteiger partial charge in [0.05, 0.1) is 67.9 Å². The molecule has 0 fully saturated rings. The molecule has 0 saturated heterocycles. The minimum atomic E-state index is 0.877. The van der Waals surface area contributed by atoms with Crippen molar-refractivity contribution in [3.8, 4) is 11.4 Å². The van der Waals surface area contributed by atoms with Crippen molar-refractivity contribution in [3.63, 3.8) is 0 Å². The van der Waals surface area contributed by atoms with E-state index in [9.17, 15) is 0 Å². The number of hydrogen-bond acceptors (Lipinski definition) is 7. The van der Waals surface area contributed by atoms with Crippen molar-refractivity contribution >= 4 is 124 Å². The van der Waals surface area contributed by atoms with Gasteiger partial charge in [0.25, 0.3) is 0 Å². The van der Waals surface area contributed by atoms with Crippen LogP contribution in [0.2, 0.25) is 0 Å². The predicted octanol–water partition coefficient (Wildman–Crippen LogP) is 15.8. The molecule has 9 aromatic carbocycles. The number of rotatable bonds is 4. The third kappa shape index (κ3) is 5.15. The van der Waals surface area contributed by atoms with Gasteiger partial charge in [-0.15, -0.1) is 0 Å². The summed E-state index contributed by atoms with van der Waals surface area (Å²) in [6, 6.07) is 70.5. The van der Waals surface area contributed by atoms with Gasteiger partial charge in [-0.25, -0.2) is 0 Å². The maximum Gasteiger partial charge on any atom is 0.130 e. The van der Waals surface area contributed by atoms with E-state index in [2.05, 4.69) is 213 Å². The van der Waals surface area contributed by atoms with Crippen LogP contribution in [-0.4, -0.2) is 17.9 Å². The molecule has 14 rings (SSSR count). The zero-order valence-corrected chi connectivity index (χ0v) is 35.8. The molecule has 0 amide bonds. The number of benzene rings is 9. The van der Waals surface area contributed by atoms with Crippen LogP contribution in [0.25, 0.3) is 66.0 Å². The summed E-state index contributed by atoms with van der Waals surface area (Å²) in [5, 5.41) is 4.76. The Labute approximate surface area is 374 Å². The van der Waals surface area contributed by atoms with E-state index in [4.69, 9.17) is 8.75 Å². The lowest BCUT2D eigenvalue weighted by molar-refractivity contribution is 1.15. The van der Waals surface area contributed by atoms with Crippen molar-refractivity contribution in [2.24, 2.45) is 0 Å². The van der Waals surface area contributed by atoms with E-state index in [1.807, 2.05) is 23.5 Å². The van der Waals surface area contributed by atoms with Crippen LogP contribution >= 0.6 is 35.3 Å². The van der Waals surface area contributed by atoms with Crippen LogP contribution in [0, 0.1) is 0 Å². The first-order valence-electron chi connectivity index (χ1n) is 20.9. The lowest BCUT2D eigenvalue weighted by Gasteiger charge is -2.32. The Morgan fingerprint density at radius 1 is 0.302 bits per heavy atom. The highest BCUT2D eigenvalue weighted by Crippen LogP contribution is 2.53. The van der Waals surface area contributed by atoms with Gasteiger partial charge in [0.1, 0.15) is 11.0 Å². The molecule has 0 atom stereocenters. The highest BCUT2D eigenvalue weighted by Gasteiger charge is 2.28. The number of hydrogen-bond donors (Lipinski definition) is 0. The summed E-state index contributed by atoms with van der Waals surface area (Å²) in [5.41, 5.74) is 15.3. The average Bonchev–Trinajstić information content (AvgIpc) is 4.05. The fraction of sp³-hybridized carbons (Fsp3) is 0. The molecule has 63 heavy (non-hydrogen) atoms. The molecule has 0 radical (unpaired) electrons. The van der Waals surface area contributed by atoms with E-state index in [1.54, 1.807) is 0 Å². The van der Waals surface area contributed by atoms with Gasteiger partial charge in [0.15, 0.2) is 0 Å². The third-order valence-electron chi connectivity index (χ3n) is 12.5. The molecule has 0 aliphatic carbocycles. The molecular weight excluding hydrogens is 829 g/mol.